The summed E-state index contributed by atoms with van der Waals surface area (Å²) in [6.45, 7) is 2.82. The molecule has 0 aliphatic rings. The van der Waals surface area contributed by atoms with Gasteiger partial charge in [0.15, 0.2) is 0 Å². The van der Waals surface area contributed by atoms with Crippen LogP contribution in [0.15, 0.2) is 22.7 Å². The van der Waals surface area contributed by atoms with Crippen molar-refractivity contribution in [1.29, 1.82) is 0 Å². The van der Waals surface area contributed by atoms with Crippen molar-refractivity contribution in [2.45, 2.75) is 25.6 Å². The van der Waals surface area contributed by atoms with Crippen molar-refractivity contribution < 1.29 is 18.0 Å². The Labute approximate surface area is 111 Å². The van der Waals surface area contributed by atoms with E-state index in [1.54, 1.807) is 0 Å². The minimum atomic E-state index is -4.55. The maximum atomic E-state index is 12.8. The average Bonchev–Trinajstić information content (AvgIpc) is 2.17. The number of halogens is 4. The van der Waals surface area contributed by atoms with Crippen LogP contribution in [0.3, 0.4) is 0 Å². The standard InChI is InChI=1S/C11H12BrF3N2O/c1-10(2,16)9(18)17-8-4-3-6(12)5-7(8)11(13,14)15/h3-5H,16H2,1-2H3,(H,17,18). The fourth-order valence-corrected chi connectivity index (χ4v) is 1.50. The second-order valence-electron chi connectivity index (χ2n) is 4.36. The molecule has 7 heteroatoms. The molecule has 3 N–H and O–H groups in total. The zero-order valence-electron chi connectivity index (χ0n) is 9.73. The van der Waals surface area contributed by atoms with E-state index in [0.29, 0.717) is 0 Å². The highest BCUT2D eigenvalue weighted by molar-refractivity contribution is 9.10. The Morgan fingerprint density at radius 1 is 1.33 bits per heavy atom. The summed E-state index contributed by atoms with van der Waals surface area (Å²) in [5.74, 6) is -0.685. The molecule has 1 rings (SSSR count). The van der Waals surface area contributed by atoms with Gasteiger partial charge in [-0.3, -0.25) is 4.79 Å². The van der Waals surface area contributed by atoms with Crippen molar-refractivity contribution in [1.82, 2.24) is 0 Å². The maximum absolute atomic E-state index is 12.8. The molecule has 0 spiro atoms. The molecule has 0 aliphatic heterocycles. The van der Waals surface area contributed by atoms with Crippen LogP contribution in [0, 0.1) is 0 Å². The van der Waals surface area contributed by atoms with Gasteiger partial charge in [0.2, 0.25) is 5.91 Å². The monoisotopic (exact) mass is 324 g/mol. The minimum Gasteiger partial charge on any atom is -0.324 e. The van der Waals surface area contributed by atoms with E-state index in [0.717, 1.165) is 6.07 Å². The highest BCUT2D eigenvalue weighted by Gasteiger charge is 2.35. The number of amides is 1. The fourth-order valence-electron chi connectivity index (χ4n) is 1.14. The summed E-state index contributed by atoms with van der Waals surface area (Å²) in [5, 5.41) is 2.18. The Bertz CT molecular complexity index is 466. The van der Waals surface area contributed by atoms with Gasteiger partial charge in [-0.1, -0.05) is 15.9 Å². The lowest BCUT2D eigenvalue weighted by molar-refractivity contribution is -0.137. The molecule has 18 heavy (non-hydrogen) atoms. The van der Waals surface area contributed by atoms with E-state index in [1.165, 1.54) is 26.0 Å². The van der Waals surface area contributed by atoms with Crippen LogP contribution < -0.4 is 11.1 Å². The molecule has 0 heterocycles. The van der Waals surface area contributed by atoms with Crippen LogP contribution in [0.2, 0.25) is 0 Å². The van der Waals surface area contributed by atoms with E-state index in [1.807, 2.05) is 0 Å². The molecule has 0 radical (unpaired) electrons. The number of carbonyl (C=O) groups is 1. The molecule has 0 bridgehead atoms. The summed E-state index contributed by atoms with van der Waals surface area (Å²) in [6.07, 6.45) is -4.55. The molecule has 0 saturated carbocycles. The van der Waals surface area contributed by atoms with Crippen molar-refractivity contribution >= 4 is 27.5 Å². The van der Waals surface area contributed by atoms with Gasteiger partial charge in [-0.15, -0.1) is 0 Å². The van der Waals surface area contributed by atoms with Crippen molar-refractivity contribution in [2.24, 2.45) is 5.73 Å². The van der Waals surface area contributed by atoms with E-state index in [2.05, 4.69) is 21.2 Å². The van der Waals surface area contributed by atoms with Gasteiger partial charge in [-0.25, -0.2) is 0 Å². The molecular formula is C11H12BrF3N2O. The molecule has 100 valence electrons. The van der Waals surface area contributed by atoms with Gasteiger partial charge in [-0.05, 0) is 32.0 Å². The summed E-state index contributed by atoms with van der Waals surface area (Å²) in [7, 11) is 0. The van der Waals surface area contributed by atoms with Crippen LogP contribution >= 0.6 is 15.9 Å². The number of anilines is 1. The molecule has 1 aromatic rings. The van der Waals surface area contributed by atoms with Crippen molar-refractivity contribution in [3.8, 4) is 0 Å². The normalized spacial score (nSPS) is 12.4. The topological polar surface area (TPSA) is 55.1 Å². The van der Waals surface area contributed by atoms with E-state index in [4.69, 9.17) is 5.73 Å². The Morgan fingerprint density at radius 3 is 2.33 bits per heavy atom. The fraction of sp³-hybridized carbons (Fsp3) is 0.364. The van der Waals surface area contributed by atoms with Gasteiger partial charge in [0, 0.05) is 4.47 Å². The highest BCUT2D eigenvalue weighted by Crippen LogP contribution is 2.36. The van der Waals surface area contributed by atoms with Crippen LogP contribution in [0.1, 0.15) is 19.4 Å². The number of nitrogens with two attached hydrogens (primary N) is 1. The lowest BCUT2D eigenvalue weighted by Crippen LogP contribution is -2.45. The molecule has 0 unspecified atom stereocenters. The molecule has 0 saturated heterocycles. The Balaban J connectivity index is 3.14. The number of alkyl halides is 3. The molecule has 0 atom stereocenters. The number of carbonyl (C=O) groups excluding carboxylic acids is 1. The summed E-state index contributed by atoms with van der Waals surface area (Å²) >= 11 is 2.96. The van der Waals surface area contributed by atoms with Crippen molar-refractivity contribution in [3.05, 3.63) is 28.2 Å². The molecule has 0 aromatic heterocycles. The van der Waals surface area contributed by atoms with Gasteiger partial charge in [0.25, 0.3) is 0 Å². The number of hydrogen-bond acceptors (Lipinski definition) is 2. The van der Waals surface area contributed by atoms with Crippen LogP contribution in [-0.4, -0.2) is 11.4 Å². The van der Waals surface area contributed by atoms with Crippen LogP contribution in [-0.2, 0) is 11.0 Å². The number of benzene rings is 1. The summed E-state index contributed by atoms with van der Waals surface area (Å²) in [5.41, 5.74) is 3.03. The zero-order valence-corrected chi connectivity index (χ0v) is 11.3. The molecular weight excluding hydrogens is 313 g/mol. The van der Waals surface area contributed by atoms with E-state index < -0.39 is 23.2 Å². The summed E-state index contributed by atoms with van der Waals surface area (Å²) in [6, 6.07) is 3.49. The first-order chi connectivity index (χ1) is 8.01. The quantitative estimate of drug-likeness (QED) is 0.878. The van der Waals surface area contributed by atoms with Crippen molar-refractivity contribution in [2.75, 3.05) is 5.32 Å². The molecule has 1 amide bonds. The second kappa shape index (κ2) is 4.89. The van der Waals surface area contributed by atoms with Crippen LogP contribution in [0.4, 0.5) is 18.9 Å². The number of hydrogen-bond donors (Lipinski definition) is 2. The van der Waals surface area contributed by atoms with E-state index in [9.17, 15) is 18.0 Å². The summed E-state index contributed by atoms with van der Waals surface area (Å²) in [4.78, 5) is 11.6. The number of nitrogens with one attached hydrogen (secondary N) is 1. The summed E-state index contributed by atoms with van der Waals surface area (Å²) < 4.78 is 38.6. The molecule has 0 fully saturated rings. The minimum absolute atomic E-state index is 0.278. The van der Waals surface area contributed by atoms with E-state index in [-0.39, 0.29) is 10.2 Å². The highest BCUT2D eigenvalue weighted by atomic mass is 79.9. The van der Waals surface area contributed by atoms with Crippen molar-refractivity contribution in [3.63, 3.8) is 0 Å². The lowest BCUT2D eigenvalue weighted by atomic mass is 10.1. The first kappa shape index (κ1) is 15.0. The maximum Gasteiger partial charge on any atom is 0.418 e. The average molecular weight is 325 g/mol. The predicted molar refractivity (Wildman–Crippen MR) is 66.0 cm³/mol. The van der Waals surface area contributed by atoms with Gasteiger partial charge in [0.05, 0.1) is 16.8 Å². The zero-order chi connectivity index (χ0) is 14.1. The third-order valence-corrected chi connectivity index (χ3v) is 2.61. The third kappa shape index (κ3) is 3.71. The Hall–Kier alpha value is -1.08. The molecule has 0 aliphatic carbocycles. The third-order valence-electron chi connectivity index (χ3n) is 2.12. The first-order valence-corrected chi connectivity index (χ1v) is 5.78. The Morgan fingerprint density at radius 2 is 1.89 bits per heavy atom. The smallest absolute Gasteiger partial charge is 0.324 e. The van der Waals surface area contributed by atoms with Crippen LogP contribution in [0.25, 0.3) is 0 Å². The van der Waals surface area contributed by atoms with Gasteiger partial charge in [-0.2, -0.15) is 13.2 Å². The predicted octanol–water partition coefficient (Wildman–Crippen LogP) is 3.14. The number of rotatable bonds is 2. The largest absolute Gasteiger partial charge is 0.418 e. The first-order valence-electron chi connectivity index (χ1n) is 4.99. The van der Waals surface area contributed by atoms with Gasteiger partial charge in [0.1, 0.15) is 0 Å². The second-order valence-corrected chi connectivity index (χ2v) is 5.28. The molecule has 3 nitrogen and oxygen atoms in total. The van der Waals surface area contributed by atoms with Gasteiger partial charge >= 0.3 is 6.18 Å². The Kier molecular flexibility index (Phi) is 4.07. The molecule has 1 aromatic carbocycles. The van der Waals surface area contributed by atoms with Crippen LogP contribution in [0.5, 0.6) is 0 Å². The van der Waals surface area contributed by atoms with Gasteiger partial charge < -0.3 is 11.1 Å². The SMILES string of the molecule is CC(C)(N)C(=O)Nc1ccc(Br)cc1C(F)(F)F. The lowest BCUT2D eigenvalue weighted by Gasteiger charge is -2.20. The van der Waals surface area contributed by atoms with E-state index >= 15 is 0 Å².